The molecule has 0 aliphatic carbocycles. The first kappa shape index (κ1) is 12.3. The Bertz CT molecular complexity index is 399. The molecule has 1 saturated heterocycles. The predicted octanol–water partition coefficient (Wildman–Crippen LogP) is 1.09. The Morgan fingerprint density at radius 1 is 1.35 bits per heavy atom. The first-order valence-corrected chi connectivity index (χ1v) is 5.48. The third kappa shape index (κ3) is 2.01. The van der Waals surface area contributed by atoms with E-state index in [2.05, 4.69) is 0 Å². The number of hydrogen-bond donors (Lipinski definition) is 1. The molecule has 1 aromatic rings. The van der Waals surface area contributed by atoms with Gasteiger partial charge >= 0.3 is 0 Å². The third-order valence-electron chi connectivity index (χ3n) is 3.25. The Balaban J connectivity index is 2.19. The minimum Gasteiger partial charge on any atom is -0.360 e. The van der Waals surface area contributed by atoms with E-state index in [0.29, 0.717) is 18.7 Å². The van der Waals surface area contributed by atoms with E-state index in [1.807, 2.05) is 11.0 Å². The largest absolute Gasteiger partial charge is 0.360 e. The lowest BCUT2D eigenvalue weighted by Gasteiger charge is -2.49. The van der Waals surface area contributed by atoms with Crippen molar-refractivity contribution < 1.29 is 13.9 Å². The average Bonchev–Trinajstić information content (AvgIpc) is 2.29. The summed E-state index contributed by atoms with van der Waals surface area (Å²) in [6, 6.07) is 4.97. The molecule has 0 spiro atoms. The number of benzene rings is 1. The van der Waals surface area contributed by atoms with Gasteiger partial charge in [0.25, 0.3) is 0 Å². The second-order valence-electron chi connectivity index (χ2n) is 4.12. The van der Waals surface area contributed by atoms with Crippen LogP contribution in [0.4, 0.5) is 10.1 Å². The van der Waals surface area contributed by atoms with Crippen molar-refractivity contribution in [2.75, 3.05) is 32.2 Å². The molecule has 0 atom stereocenters. The summed E-state index contributed by atoms with van der Waals surface area (Å²) in [5.41, 5.74) is 6.92. The Morgan fingerprint density at radius 3 is 2.53 bits per heavy atom. The molecule has 0 amide bonds. The fourth-order valence-electron chi connectivity index (χ4n) is 2.09. The van der Waals surface area contributed by atoms with Gasteiger partial charge in [-0.2, -0.15) is 0 Å². The van der Waals surface area contributed by atoms with Crippen LogP contribution in [0.2, 0.25) is 0 Å². The van der Waals surface area contributed by atoms with Crippen molar-refractivity contribution in [2.24, 2.45) is 5.73 Å². The number of hydrogen-bond acceptors (Lipinski definition) is 4. The lowest BCUT2D eigenvalue weighted by atomic mass is 10.0. The summed E-state index contributed by atoms with van der Waals surface area (Å²) in [7, 11) is 3.21. The summed E-state index contributed by atoms with van der Waals surface area (Å²) in [6.45, 7) is 1.35. The molecule has 1 aromatic carbocycles. The Labute approximate surface area is 100 Å². The number of nitrogens with two attached hydrogens (primary N) is 1. The molecule has 0 saturated carbocycles. The second-order valence-corrected chi connectivity index (χ2v) is 4.12. The van der Waals surface area contributed by atoms with Crippen molar-refractivity contribution in [3.8, 4) is 0 Å². The molecule has 0 radical (unpaired) electrons. The molecular formula is C12H17FN2O2. The molecule has 5 heteroatoms. The van der Waals surface area contributed by atoms with E-state index in [9.17, 15) is 4.39 Å². The minimum atomic E-state index is -0.571. The van der Waals surface area contributed by atoms with E-state index in [1.54, 1.807) is 20.3 Å². The van der Waals surface area contributed by atoms with Crippen molar-refractivity contribution in [1.29, 1.82) is 0 Å². The normalized spacial score (nSPS) is 18.0. The zero-order valence-corrected chi connectivity index (χ0v) is 10.1. The first-order chi connectivity index (χ1) is 8.15. The smallest absolute Gasteiger partial charge is 0.203 e. The molecule has 0 bridgehead atoms. The summed E-state index contributed by atoms with van der Waals surface area (Å²) in [6.07, 6.45) is 0. The van der Waals surface area contributed by atoms with Gasteiger partial charge in [-0.15, -0.1) is 0 Å². The molecule has 2 N–H and O–H groups in total. The maximum atomic E-state index is 13.6. The fraction of sp³-hybridized carbons (Fsp3) is 0.500. The molecule has 1 fully saturated rings. The highest BCUT2D eigenvalue weighted by Gasteiger charge is 2.44. The van der Waals surface area contributed by atoms with Gasteiger partial charge in [0.05, 0.1) is 13.1 Å². The van der Waals surface area contributed by atoms with Crippen LogP contribution in [0.15, 0.2) is 18.2 Å². The number of rotatable bonds is 4. The molecule has 0 aromatic heterocycles. The number of halogens is 1. The van der Waals surface area contributed by atoms with Gasteiger partial charge in [-0.05, 0) is 12.1 Å². The monoisotopic (exact) mass is 240 g/mol. The summed E-state index contributed by atoms with van der Waals surface area (Å²) in [5, 5.41) is 0. The lowest BCUT2D eigenvalue weighted by Crippen LogP contribution is -2.64. The quantitative estimate of drug-likeness (QED) is 0.800. The van der Waals surface area contributed by atoms with E-state index >= 15 is 0 Å². The van der Waals surface area contributed by atoms with Gasteiger partial charge in [0, 0.05) is 32.0 Å². The molecule has 2 rings (SSSR count). The Morgan fingerprint density at radius 2 is 2.00 bits per heavy atom. The van der Waals surface area contributed by atoms with E-state index in [4.69, 9.17) is 15.2 Å². The van der Waals surface area contributed by atoms with Crippen LogP contribution >= 0.6 is 0 Å². The van der Waals surface area contributed by atoms with Crippen molar-refractivity contribution in [1.82, 2.24) is 0 Å². The van der Waals surface area contributed by atoms with Crippen LogP contribution in [0.25, 0.3) is 0 Å². The molecule has 94 valence electrons. The lowest BCUT2D eigenvalue weighted by molar-refractivity contribution is -0.219. The van der Waals surface area contributed by atoms with E-state index in [1.165, 1.54) is 6.07 Å². The predicted molar refractivity (Wildman–Crippen MR) is 63.3 cm³/mol. The van der Waals surface area contributed by atoms with Crippen molar-refractivity contribution >= 4 is 5.69 Å². The molecule has 17 heavy (non-hydrogen) atoms. The molecular weight excluding hydrogens is 223 g/mol. The summed E-state index contributed by atoms with van der Waals surface area (Å²) in [5.74, 6) is -0.838. The first-order valence-electron chi connectivity index (χ1n) is 5.48. The van der Waals surface area contributed by atoms with E-state index < -0.39 is 5.79 Å². The fourth-order valence-corrected chi connectivity index (χ4v) is 2.09. The van der Waals surface area contributed by atoms with Gasteiger partial charge in [0.1, 0.15) is 5.82 Å². The number of methoxy groups -OCH3 is 2. The number of nitrogens with zero attached hydrogens (tertiary/aromatic N) is 1. The second kappa shape index (κ2) is 4.60. The highest BCUT2D eigenvalue weighted by atomic mass is 19.1. The van der Waals surface area contributed by atoms with Gasteiger partial charge in [-0.3, -0.25) is 0 Å². The zero-order valence-electron chi connectivity index (χ0n) is 10.1. The molecule has 0 unspecified atom stereocenters. The van der Waals surface area contributed by atoms with E-state index in [0.717, 1.165) is 5.69 Å². The van der Waals surface area contributed by atoms with Crippen LogP contribution < -0.4 is 10.6 Å². The van der Waals surface area contributed by atoms with Crippen LogP contribution in [-0.2, 0) is 16.0 Å². The van der Waals surface area contributed by atoms with Gasteiger partial charge in [-0.25, -0.2) is 4.39 Å². The van der Waals surface area contributed by atoms with Crippen molar-refractivity contribution in [2.45, 2.75) is 12.3 Å². The highest BCUT2D eigenvalue weighted by Crippen LogP contribution is 2.33. The van der Waals surface area contributed by atoms with Gasteiger partial charge in [0.2, 0.25) is 5.79 Å². The van der Waals surface area contributed by atoms with Gasteiger partial charge in [-0.1, -0.05) is 6.07 Å². The molecule has 1 heterocycles. The summed E-state index contributed by atoms with van der Waals surface area (Å²) >= 11 is 0. The van der Waals surface area contributed by atoms with Crippen LogP contribution in [0.3, 0.4) is 0 Å². The van der Waals surface area contributed by atoms with Gasteiger partial charge in [0.15, 0.2) is 0 Å². The average molecular weight is 240 g/mol. The summed E-state index contributed by atoms with van der Waals surface area (Å²) in [4.78, 5) is 2.00. The highest BCUT2D eigenvalue weighted by molar-refractivity contribution is 5.56. The standard InChI is InChI=1S/C12H17FN2O2/c1-16-12(17-2)7-15(8-12)11-5-3-4-10(13)9(11)6-14/h3-5H,6-8,14H2,1-2H3. The van der Waals surface area contributed by atoms with Gasteiger partial charge < -0.3 is 20.1 Å². The zero-order chi connectivity index (χ0) is 12.5. The third-order valence-corrected chi connectivity index (χ3v) is 3.25. The molecule has 1 aliphatic heterocycles. The minimum absolute atomic E-state index is 0.186. The van der Waals surface area contributed by atoms with Crippen LogP contribution in [-0.4, -0.2) is 33.1 Å². The van der Waals surface area contributed by atoms with Crippen LogP contribution in [0.1, 0.15) is 5.56 Å². The SMILES string of the molecule is COC1(OC)CN(c2cccc(F)c2CN)C1. The maximum Gasteiger partial charge on any atom is 0.203 e. The van der Waals surface area contributed by atoms with Crippen molar-refractivity contribution in [3.05, 3.63) is 29.6 Å². The number of anilines is 1. The topological polar surface area (TPSA) is 47.7 Å². The summed E-state index contributed by atoms with van der Waals surface area (Å²) < 4.78 is 24.1. The number of ether oxygens (including phenoxy) is 2. The maximum absolute atomic E-state index is 13.6. The van der Waals surface area contributed by atoms with Crippen molar-refractivity contribution in [3.63, 3.8) is 0 Å². The van der Waals surface area contributed by atoms with E-state index in [-0.39, 0.29) is 12.4 Å². The Kier molecular flexibility index (Phi) is 3.33. The molecule has 1 aliphatic rings. The van der Waals surface area contributed by atoms with Crippen LogP contribution in [0.5, 0.6) is 0 Å². The molecule has 4 nitrogen and oxygen atoms in total. The van der Waals surface area contributed by atoms with Crippen LogP contribution in [0, 0.1) is 5.82 Å². The Hall–Kier alpha value is -1.17.